The zero-order valence-corrected chi connectivity index (χ0v) is 21.3. The van der Waals surface area contributed by atoms with Crippen LogP contribution in [0.2, 0.25) is 0 Å². The lowest BCUT2D eigenvalue weighted by molar-refractivity contribution is 0.387. The topological polar surface area (TPSA) is 46.5 Å². The van der Waals surface area contributed by atoms with E-state index in [9.17, 15) is 9.46 Å². The first-order valence-corrected chi connectivity index (χ1v) is 15.1. The largest absolute Gasteiger partial charge is 0.420 e. The van der Waals surface area contributed by atoms with E-state index >= 15 is 0 Å². The number of hydrogen-bond acceptors (Lipinski definition) is 2. The van der Waals surface area contributed by atoms with Gasteiger partial charge in [0.15, 0.2) is 0 Å². The molecule has 1 unspecified atom stereocenters. The fourth-order valence-electron chi connectivity index (χ4n) is 6.76. The monoisotopic (exact) mass is 486 g/mol. The molecule has 1 N–H and O–H groups in total. The van der Waals surface area contributed by atoms with Gasteiger partial charge in [0.05, 0.1) is 5.30 Å². The molecular weight excluding hydrogens is 451 g/mol. The van der Waals surface area contributed by atoms with Crippen LogP contribution in [0.15, 0.2) is 60.7 Å². The lowest BCUT2D eigenvalue weighted by atomic mass is 9.75. The van der Waals surface area contributed by atoms with Crippen molar-refractivity contribution in [1.82, 2.24) is 0 Å². The number of rotatable bonds is 4. The van der Waals surface area contributed by atoms with Gasteiger partial charge in [-0.25, -0.2) is 4.57 Å². The van der Waals surface area contributed by atoms with Gasteiger partial charge in [-0.1, -0.05) is 99.2 Å². The molecule has 1 aliphatic heterocycles. The van der Waals surface area contributed by atoms with Gasteiger partial charge in [-0.3, -0.25) is 0 Å². The Morgan fingerprint density at radius 3 is 2.14 bits per heavy atom. The Hall–Kier alpha value is -2.35. The Labute approximate surface area is 209 Å². The fraction of sp³-hybridized carbons (Fsp3) is 0.419. The molecule has 1 heterocycles. The quantitative estimate of drug-likeness (QED) is 0.378. The third-order valence-corrected chi connectivity index (χ3v) is 9.91. The van der Waals surface area contributed by atoms with Crippen LogP contribution in [0.4, 0.5) is 0 Å². The SMILES string of the molecule is O=P1(O)Oc2c(Cc3ccccc3)cccc2-c2ccc(C3CCCCC3)c(C3CCCCC3)c21. The molecule has 35 heavy (non-hydrogen) atoms. The summed E-state index contributed by atoms with van der Waals surface area (Å²) in [6, 6.07) is 20.8. The molecule has 2 saturated carbocycles. The van der Waals surface area contributed by atoms with Crippen LogP contribution in [-0.4, -0.2) is 4.89 Å². The van der Waals surface area contributed by atoms with Crippen LogP contribution < -0.4 is 9.83 Å². The van der Waals surface area contributed by atoms with Gasteiger partial charge in [-0.2, -0.15) is 0 Å². The van der Waals surface area contributed by atoms with Crippen LogP contribution in [0.25, 0.3) is 11.1 Å². The van der Waals surface area contributed by atoms with E-state index in [2.05, 4.69) is 36.4 Å². The second-order valence-electron chi connectivity index (χ2n) is 10.7. The molecule has 0 bridgehead atoms. The van der Waals surface area contributed by atoms with Gasteiger partial charge in [-0.15, -0.1) is 0 Å². The average Bonchev–Trinajstić information content (AvgIpc) is 2.90. The number of fused-ring (bicyclic) bond motifs is 3. The smallest absolute Gasteiger partial charge is 0.409 e. The van der Waals surface area contributed by atoms with Crippen LogP contribution in [-0.2, 0) is 11.0 Å². The standard InChI is InChI=1S/C31H35O3P/c32-35(33)31-28(27-18-10-17-25(30(27)34-35)21-22-11-4-1-5-12-22)20-19-26(23-13-6-2-7-14-23)29(31)24-15-8-3-9-16-24/h1,4-5,10-12,17-20,23-24H,2-3,6-9,13-16,21H2,(H,32,33). The van der Waals surface area contributed by atoms with Gasteiger partial charge in [0.2, 0.25) is 0 Å². The third-order valence-electron chi connectivity index (χ3n) is 8.43. The van der Waals surface area contributed by atoms with Crippen molar-refractivity contribution in [2.45, 2.75) is 82.5 Å². The Morgan fingerprint density at radius 2 is 1.43 bits per heavy atom. The summed E-state index contributed by atoms with van der Waals surface area (Å²) < 4.78 is 20.2. The molecule has 3 aromatic carbocycles. The summed E-state index contributed by atoms with van der Waals surface area (Å²) in [6.07, 6.45) is 12.8. The van der Waals surface area contributed by atoms with Crippen LogP contribution in [0.1, 0.15) is 98.3 Å². The number of benzene rings is 3. The number of para-hydroxylation sites is 1. The van der Waals surface area contributed by atoms with Gasteiger partial charge >= 0.3 is 7.60 Å². The molecule has 0 spiro atoms. The van der Waals surface area contributed by atoms with Crippen molar-refractivity contribution in [2.75, 3.05) is 0 Å². The molecule has 2 fully saturated rings. The molecule has 3 aliphatic rings. The Morgan fingerprint density at radius 1 is 0.743 bits per heavy atom. The van der Waals surface area contributed by atoms with Crippen molar-refractivity contribution in [1.29, 1.82) is 0 Å². The highest BCUT2D eigenvalue weighted by molar-refractivity contribution is 7.62. The number of hydrogen-bond donors (Lipinski definition) is 1. The van der Waals surface area contributed by atoms with Crippen molar-refractivity contribution in [3.05, 3.63) is 82.9 Å². The molecule has 2 aliphatic carbocycles. The second-order valence-corrected chi connectivity index (χ2v) is 12.4. The zero-order chi connectivity index (χ0) is 23.8. The summed E-state index contributed by atoms with van der Waals surface area (Å²) in [6.45, 7) is 0. The molecule has 3 nitrogen and oxygen atoms in total. The van der Waals surface area contributed by atoms with Crippen molar-refractivity contribution in [3.8, 4) is 16.9 Å². The van der Waals surface area contributed by atoms with E-state index in [0.717, 1.165) is 29.5 Å². The Kier molecular flexibility index (Phi) is 6.33. The molecule has 0 amide bonds. The minimum Gasteiger partial charge on any atom is -0.420 e. The molecule has 3 aromatic rings. The van der Waals surface area contributed by atoms with E-state index in [-0.39, 0.29) is 0 Å². The highest BCUT2D eigenvalue weighted by atomic mass is 31.2. The molecule has 6 rings (SSSR count). The molecule has 0 radical (unpaired) electrons. The van der Waals surface area contributed by atoms with Gasteiger partial charge in [-0.05, 0) is 59.8 Å². The van der Waals surface area contributed by atoms with E-state index in [1.165, 1.54) is 68.1 Å². The molecule has 0 saturated heterocycles. The maximum Gasteiger partial charge on any atom is 0.409 e. The lowest BCUT2D eigenvalue weighted by Crippen LogP contribution is -2.27. The summed E-state index contributed by atoms with van der Waals surface area (Å²) in [7, 11) is -4.02. The van der Waals surface area contributed by atoms with E-state index in [4.69, 9.17) is 4.52 Å². The molecule has 0 aromatic heterocycles. The first-order chi connectivity index (χ1) is 17.1. The lowest BCUT2D eigenvalue weighted by Gasteiger charge is -2.35. The average molecular weight is 487 g/mol. The second kappa shape index (κ2) is 9.60. The summed E-state index contributed by atoms with van der Waals surface area (Å²) in [5, 5.41) is 0.608. The van der Waals surface area contributed by atoms with Crippen LogP contribution >= 0.6 is 7.60 Å². The molecule has 1 atom stereocenters. The van der Waals surface area contributed by atoms with Crippen molar-refractivity contribution < 1.29 is 14.0 Å². The van der Waals surface area contributed by atoms with Gasteiger partial charge < -0.3 is 9.42 Å². The summed E-state index contributed by atoms with van der Waals surface area (Å²) >= 11 is 0. The molecule has 4 heteroatoms. The minimum absolute atomic E-state index is 0.355. The van der Waals surface area contributed by atoms with E-state index in [1.807, 2.05) is 24.3 Å². The molecular formula is C31H35O3P. The van der Waals surface area contributed by atoms with Crippen molar-refractivity contribution in [2.24, 2.45) is 0 Å². The maximum absolute atomic E-state index is 14.1. The fourth-order valence-corrected chi connectivity index (χ4v) is 8.43. The maximum atomic E-state index is 14.1. The van der Waals surface area contributed by atoms with Crippen LogP contribution in [0.5, 0.6) is 5.75 Å². The highest BCUT2D eigenvalue weighted by Gasteiger charge is 2.41. The van der Waals surface area contributed by atoms with Gasteiger partial charge in [0, 0.05) is 17.5 Å². The first kappa shape index (κ1) is 23.1. The zero-order valence-electron chi connectivity index (χ0n) is 20.4. The Bertz CT molecular complexity index is 1250. The molecule has 182 valence electrons. The van der Waals surface area contributed by atoms with E-state index in [0.29, 0.717) is 29.3 Å². The predicted octanol–water partition coefficient (Wildman–Crippen LogP) is 8.24. The minimum atomic E-state index is -4.02. The highest BCUT2D eigenvalue weighted by Crippen LogP contribution is 2.56. The Balaban J connectivity index is 1.52. The van der Waals surface area contributed by atoms with E-state index in [1.54, 1.807) is 0 Å². The summed E-state index contributed by atoms with van der Waals surface area (Å²) in [5.74, 6) is 1.43. The first-order valence-electron chi connectivity index (χ1n) is 13.5. The third kappa shape index (κ3) is 4.39. The van der Waals surface area contributed by atoms with Gasteiger partial charge in [0.1, 0.15) is 5.75 Å². The van der Waals surface area contributed by atoms with Crippen LogP contribution in [0, 0.1) is 0 Å². The summed E-state index contributed by atoms with van der Waals surface area (Å²) in [5.41, 5.74) is 6.49. The summed E-state index contributed by atoms with van der Waals surface area (Å²) in [4.78, 5) is 11.5. The van der Waals surface area contributed by atoms with E-state index < -0.39 is 7.60 Å². The normalized spacial score (nSPS) is 22.8. The predicted molar refractivity (Wildman–Crippen MR) is 143 cm³/mol. The van der Waals surface area contributed by atoms with Crippen LogP contribution in [0.3, 0.4) is 0 Å². The van der Waals surface area contributed by atoms with Crippen molar-refractivity contribution >= 4 is 12.9 Å². The van der Waals surface area contributed by atoms with Gasteiger partial charge in [0.25, 0.3) is 0 Å². The van der Waals surface area contributed by atoms with Crippen molar-refractivity contribution in [3.63, 3.8) is 0 Å².